The zero-order chi connectivity index (χ0) is 11.7. The van der Waals surface area contributed by atoms with Crippen molar-refractivity contribution in [2.45, 2.75) is 33.3 Å². The number of hydrogen-bond acceptors (Lipinski definition) is 6. The summed E-state index contributed by atoms with van der Waals surface area (Å²) in [6.45, 7) is 5.87. The number of rotatable bonds is 3. The lowest BCUT2D eigenvalue weighted by Gasteiger charge is -1.96. The molecule has 0 fully saturated rings. The molecule has 7 heteroatoms. The Hall–Kier alpha value is -1.34. The Morgan fingerprint density at radius 2 is 2.06 bits per heavy atom. The van der Waals surface area contributed by atoms with E-state index in [0.29, 0.717) is 16.7 Å². The standard InChI is InChI=1S/C9H13N5OS/c1-5(2)8-11-12-9(16-8)14-6(3)7(4-15)10-13-14/h5,15H,4H2,1-3H3. The molecule has 0 saturated carbocycles. The van der Waals surface area contributed by atoms with Gasteiger partial charge in [0.2, 0.25) is 5.13 Å². The Morgan fingerprint density at radius 1 is 1.31 bits per heavy atom. The first-order valence-corrected chi connectivity index (χ1v) is 5.81. The molecule has 0 aliphatic heterocycles. The molecule has 0 aromatic carbocycles. The summed E-state index contributed by atoms with van der Waals surface area (Å²) in [4.78, 5) is 0. The molecular weight excluding hydrogens is 226 g/mol. The third-order valence-corrected chi connectivity index (χ3v) is 3.44. The van der Waals surface area contributed by atoms with Crippen molar-refractivity contribution in [3.8, 4) is 5.13 Å². The van der Waals surface area contributed by atoms with Crippen LogP contribution in [-0.4, -0.2) is 30.3 Å². The van der Waals surface area contributed by atoms with Gasteiger partial charge in [0.15, 0.2) is 0 Å². The molecule has 86 valence electrons. The minimum Gasteiger partial charge on any atom is -0.390 e. The summed E-state index contributed by atoms with van der Waals surface area (Å²) < 4.78 is 1.61. The van der Waals surface area contributed by atoms with Crippen LogP contribution < -0.4 is 0 Å². The normalized spacial score (nSPS) is 11.3. The highest BCUT2D eigenvalue weighted by Gasteiger charge is 2.14. The second kappa shape index (κ2) is 4.26. The van der Waals surface area contributed by atoms with Crippen LogP contribution >= 0.6 is 11.3 Å². The minimum absolute atomic E-state index is 0.109. The van der Waals surface area contributed by atoms with Gasteiger partial charge in [-0.15, -0.1) is 15.3 Å². The lowest BCUT2D eigenvalue weighted by atomic mass is 10.2. The molecule has 0 spiro atoms. The van der Waals surface area contributed by atoms with E-state index in [-0.39, 0.29) is 6.61 Å². The van der Waals surface area contributed by atoms with Crippen molar-refractivity contribution in [3.05, 3.63) is 16.4 Å². The second-order valence-electron chi connectivity index (χ2n) is 3.77. The number of aliphatic hydroxyl groups is 1. The maximum Gasteiger partial charge on any atom is 0.234 e. The monoisotopic (exact) mass is 239 g/mol. The highest BCUT2D eigenvalue weighted by molar-refractivity contribution is 7.13. The fourth-order valence-electron chi connectivity index (χ4n) is 1.23. The van der Waals surface area contributed by atoms with Gasteiger partial charge in [-0.3, -0.25) is 0 Å². The number of aliphatic hydroxyl groups excluding tert-OH is 1. The van der Waals surface area contributed by atoms with E-state index in [0.717, 1.165) is 10.7 Å². The quantitative estimate of drug-likeness (QED) is 0.866. The van der Waals surface area contributed by atoms with Crippen LogP contribution in [0.25, 0.3) is 5.13 Å². The molecule has 6 nitrogen and oxygen atoms in total. The summed E-state index contributed by atoms with van der Waals surface area (Å²) >= 11 is 1.49. The van der Waals surface area contributed by atoms with E-state index in [4.69, 9.17) is 5.11 Å². The van der Waals surface area contributed by atoms with Gasteiger partial charge in [0.25, 0.3) is 0 Å². The molecule has 0 aliphatic carbocycles. The van der Waals surface area contributed by atoms with E-state index in [9.17, 15) is 0 Å². The summed E-state index contributed by atoms with van der Waals surface area (Å²) in [7, 11) is 0. The SMILES string of the molecule is Cc1c(CO)nnn1-c1nnc(C(C)C)s1. The molecular formula is C9H13N5OS. The van der Waals surface area contributed by atoms with Crippen LogP contribution in [0.5, 0.6) is 0 Å². The van der Waals surface area contributed by atoms with Gasteiger partial charge < -0.3 is 5.11 Å². The molecule has 0 atom stereocenters. The molecule has 2 aromatic rings. The highest BCUT2D eigenvalue weighted by Crippen LogP contribution is 2.22. The molecule has 0 aliphatic rings. The largest absolute Gasteiger partial charge is 0.390 e. The zero-order valence-electron chi connectivity index (χ0n) is 9.38. The first-order valence-electron chi connectivity index (χ1n) is 4.99. The van der Waals surface area contributed by atoms with Crippen LogP contribution in [0.15, 0.2) is 0 Å². The average Bonchev–Trinajstić information content (AvgIpc) is 2.83. The fraction of sp³-hybridized carbons (Fsp3) is 0.556. The Kier molecular flexibility index (Phi) is 2.97. The molecule has 2 aromatic heterocycles. The van der Waals surface area contributed by atoms with Crippen molar-refractivity contribution in [2.24, 2.45) is 0 Å². The molecule has 0 radical (unpaired) electrons. The Bertz CT molecular complexity index is 490. The molecule has 2 heterocycles. The Morgan fingerprint density at radius 3 is 2.56 bits per heavy atom. The smallest absolute Gasteiger partial charge is 0.234 e. The topological polar surface area (TPSA) is 76.7 Å². The van der Waals surface area contributed by atoms with Gasteiger partial charge in [-0.2, -0.15) is 4.68 Å². The lowest BCUT2D eigenvalue weighted by molar-refractivity contribution is 0.276. The first-order chi connectivity index (χ1) is 7.63. The van der Waals surface area contributed by atoms with Crippen molar-refractivity contribution >= 4 is 11.3 Å². The van der Waals surface area contributed by atoms with Crippen LogP contribution in [0.1, 0.15) is 36.2 Å². The van der Waals surface area contributed by atoms with Crippen molar-refractivity contribution in [3.63, 3.8) is 0 Å². The van der Waals surface area contributed by atoms with Gasteiger partial charge in [-0.25, -0.2) is 0 Å². The van der Waals surface area contributed by atoms with Crippen molar-refractivity contribution in [2.75, 3.05) is 0 Å². The summed E-state index contributed by atoms with van der Waals surface area (Å²) in [6, 6.07) is 0. The summed E-state index contributed by atoms with van der Waals surface area (Å²) in [6.07, 6.45) is 0. The van der Waals surface area contributed by atoms with Crippen molar-refractivity contribution in [1.29, 1.82) is 0 Å². The predicted octanol–water partition coefficient (Wildman–Crippen LogP) is 1.04. The van der Waals surface area contributed by atoms with Crippen LogP contribution in [0.2, 0.25) is 0 Å². The van der Waals surface area contributed by atoms with E-state index < -0.39 is 0 Å². The molecule has 0 bridgehead atoms. The maximum atomic E-state index is 9.02. The van der Waals surface area contributed by atoms with E-state index in [1.807, 2.05) is 6.92 Å². The minimum atomic E-state index is -0.109. The Labute approximate surface area is 97.0 Å². The molecule has 0 saturated heterocycles. The summed E-state index contributed by atoms with van der Waals surface area (Å²) in [5, 5.41) is 26.6. The zero-order valence-corrected chi connectivity index (χ0v) is 10.2. The van der Waals surface area contributed by atoms with Gasteiger partial charge in [0.05, 0.1) is 12.3 Å². The second-order valence-corrected chi connectivity index (χ2v) is 4.76. The molecule has 16 heavy (non-hydrogen) atoms. The molecule has 0 amide bonds. The third kappa shape index (κ3) is 1.83. The van der Waals surface area contributed by atoms with E-state index >= 15 is 0 Å². The van der Waals surface area contributed by atoms with Gasteiger partial charge in [-0.1, -0.05) is 30.4 Å². The van der Waals surface area contributed by atoms with E-state index in [2.05, 4.69) is 34.4 Å². The summed E-state index contributed by atoms with van der Waals surface area (Å²) in [5.74, 6) is 0.354. The number of hydrogen-bond donors (Lipinski definition) is 1. The van der Waals surface area contributed by atoms with Gasteiger partial charge in [-0.05, 0) is 6.92 Å². The van der Waals surface area contributed by atoms with Crippen LogP contribution in [0, 0.1) is 6.92 Å². The lowest BCUT2D eigenvalue weighted by Crippen LogP contribution is -1.99. The van der Waals surface area contributed by atoms with Gasteiger partial charge in [0.1, 0.15) is 10.7 Å². The molecule has 2 rings (SSSR count). The number of nitrogens with zero attached hydrogens (tertiary/aromatic N) is 5. The van der Waals surface area contributed by atoms with Crippen molar-refractivity contribution < 1.29 is 5.11 Å². The number of aromatic nitrogens is 5. The third-order valence-electron chi connectivity index (χ3n) is 2.25. The molecule has 1 N–H and O–H groups in total. The van der Waals surface area contributed by atoms with Gasteiger partial charge >= 0.3 is 0 Å². The predicted molar refractivity (Wildman–Crippen MR) is 59.6 cm³/mol. The average molecular weight is 239 g/mol. The fourth-order valence-corrected chi connectivity index (χ4v) is 2.08. The van der Waals surface area contributed by atoms with Crippen LogP contribution in [0.3, 0.4) is 0 Å². The highest BCUT2D eigenvalue weighted by atomic mass is 32.1. The van der Waals surface area contributed by atoms with E-state index in [1.54, 1.807) is 4.68 Å². The molecule has 0 unspecified atom stereocenters. The van der Waals surface area contributed by atoms with Crippen LogP contribution in [-0.2, 0) is 6.61 Å². The summed E-state index contributed by atoms with van der Waals surface area (Å²) in [5.41, 5.74) is 1.37. The van der Waals surface area contributed by atoms with Crippen molar-refractivity contribution in [1.82, 2.24) is 25.2 Å². The maximum absolute atomic E-state index is 9.02. The first kappa shape index (κ1) is 11.2. The van der Waals surface area contributed by atoms with Crippen LogP contribution in [0.4, 0.5) is 0 Å². The van der Waals surface area contributed by atoms with Gasteiger partial charge in [0, 0.05) is 5.92 Å². The Balaban J connectivity index is 2.39. The van der Waals surface area contributed by atoms with E-state index in [1.165, 1.54) is 11.3 Å².